The van der Waals surface area contributed by atoms with Gasteiger partial charge < -0.3 is 15.5 Å². The molecule has 0 bridgehead atoms. The maximum Gasteiger partial charge on any atom is 0.106 e. The van der Waals surface area contributed by atoms with Crippen molar-refractivity contribution >= 4 is 0 Å². The van der Waals surface area contributed by atoms with Gasteiger partial charge in [0.25, 0.3) is 0 Å². The van der Waals surface area contributed by atoms with Crippen molar-refractivity contribution < 1.29 is 4.74 Å². The minimum absolute atomic E-state index is 0.131. The summed E-state index contributed by atoms with van der Waals surface area (Å²) in [4.78, 5) is 8.02. The van der Waals surface area contributed by atoms with Gasteiger partial charge in [-0.05, 0) is 25.2 Å². The number of hydrogen-bond donors (Lipinski definition) is 2. The largest absolute Gasteiger partial charge is 0.384 e. The summed E-state index contributed by atoms with van der Waals surface area (Å²) in [7, 11) is 1.74. The normalized spacial score (nSPS) is 21.8. The SMILES string of the molecule is COCC(C)Cc1nc2c([nH]1)CCCC2N. The second kappa shape index (κ2) is 4.97. The highest BCUT2D eigenvalue weighted by molar-refractivity contribution is 5.21. The van der Waals surface area contributed by atoms with Crippen molar-refractivity contribution in [1.82, 2.24) is 9.97 Å². The highest BCUT2D eigenvalue weighted by atomic mass is 16.5. The van der Waals surface area contributed by atoms with Crippen LogP contribution in [0, 0.1) is 5.92 Å². The van der Waals surface area contributed by atoms with Gasteiger partial charge >= 0.3 is 0 Å². The molecule has 2 atom stereocenters. The number of H-pyrrole nitrogens is 1. The van der Waals surface area contributed by atoms with Gasteiger partial charge in [-0.3, -0.25) is 0 Å². The first-order valence-electron chi connectivity index (χ1n) is 6.03. The van der Waals surface area contributed by atoms with E-state index in [0.717, 1.165) is 37.4 Å². The number of nitrogens with two attached hydrogens (primary N) is 1. The number of ether oxygens (including phenoxy) is 1. The summed E-state index contributed by atoms with van der Waals surface area (Å²) in [5.74, 6) is 1.56. The van der Waals surface area contributed by atoms with E-state index in [9.17, 15) is 0 Å². The molecular weight excluding hydrogens is 202 g/mol. The topological polar surface area (TPSA) is 63.9 Å². The number of aromatic amines is 1. The van der Waals surface area contributed by atoms with Crippen molar-refractivity contribution in [2.75, 3.05) is 13.7 Å². The van der Waals surface area contributed by atoms with Crippen molar-refractivity contribution in [2.24, 2.45) is 11.7 Å². The number of aromatic nitrogens is 2. The summed E-state index contributed by atoms with van der Waals surface area (Å²) >= 11 is 0. The van der Waals surface area contributed by atoms with Gasteiger partial charge in [0, 0.05) is 31.9 Å². The third-order valence-electron chi connectivity index (χ3n) is 3.15. The lowest BCUT2D eigenvalue weighted by molar-refractivity contribution is 0.159. The van der Waals surface area contributed by atoms with Crippen LogP contribution in [0.1, 0.15) is 43.0 Å². The second-order valence-corrected chi connectivity index (χ2v) is 4.81. The Morgan fingerprint density at radius 3 is 3.12 bits per heavy atom. The molecule has 1 aromatic heterocycles. The van der Waals surface area contributed by atoms with E-state index in [-0.39, 0.29) is 6.04 Å². The van der Waals surface area contributed by atoms with Crippen LogP contribution in [0.4, 0.5) is 0 Å². The van der Waals surface area contributed by atoms with E-state index in [2.05, 4.69) is 16.9 Å². The number of aryl methyl sites for hydroxylation is 1. The number of nitrogens with zero attached hydrogens (tertiary/aromatic N) is 1. The Hall–Kier alpha value is -0.870. The zero-order valence-corrected chi connectivity index (χ0v) is 10.1. The molecule has 3 N–H and O–H groups in total. The average Bonchev–Trinajstić information content (AvgIpc) is 2.62. The molecule has 4 nitrogen and oxygen atoms in total. The molecule has 0 fully saturated rings. The lowest BCUT2D eigenvalue weighted by Gasteiger charge is -2.15. The van der Waals surface area contributed by atoms with Gasteiger partial charge in [-0.15, -0.1) is 0 Å². The molecule has 0 spiro atoms. The van der Waals surface area contributed by atoms with Gasteiger partial charge in [-0.25, -0.2) is 4.98 Å². The van der Waals surface area contributed by atoms with Crippen LogP contribution in [0.25, 0.3) is 0 Å². The fourth-order valence-electron chi connectivity index (χ4n) is 2.38. The number of methoxy groups -OCH3 is 1. The minimum Gasteiger partial charge on any atom is -0.384 e. The quantitative estimate of drug-likeness (QED) is 0.814. The van der Waals surface area contributed by atoms with Crippen LogP contribution < -0.4 is 5.73 Å². The molecule has 0 saturated heterocycles. The van der Waals surface area contributed by atoms with E-state index in [4.69, 9.17) is 10.5 Å². The predicted octanol–water partition coefficient (Wildman–Crippen LogP) is 1.57. The Kier molecular flexibility index (Phi) is 3.61. The summed E-state index contributed by atoms with van der Waals surface area (Å²) in [5.41, 5.74) is 8.38. The van der Waals surface area contributed by atoms with Crippen LogP contribution in [0.3, 0.4) is 0 Å². The Bertz CT molecular complexity index is 348. The fraction of sp³-hybridized carbons (Fsp3) is 0.750. The molecule has 4 heteroatoms. The first kappa shape index (κ1) is 11.6. The number of fused-ring (bicyclic) bond motifs is 1. The zero-order chi connectivity index (χ0) is 11.5. The molecule has 0 radical (unpaired) electrons. The van der Waals surface area contributed by atoms with Gasteiger partial charge in [0.05, 0.1) is 5.69 Å². The average molecular weight is 223 g/mol. The lowest BCUT2D eigenvalue weighted by Crippen LogP contribution is -2.17. The van der Waals surface area contributed by atoms with Crippen molar-refractivity contribution in [3.63, 3.8) is 0 Å². The van der Waals surface area contributed by atoms with E-state index in [1.165, 1.54) is 12.1 Å². The molecule has 16 heavy (non-hydrogen) atoms. The molecule has 0 saturated carbocycles. The van der Waals surface area contributed by atoms with E-state index >= 15 is 0 Å². The van der Waals surface area contributed by atoms with Crippen LogP contribution in [0.5, 0.6) is 0 Å². The van der Waals surface area contributed by atoms with Crippen molar-refractivity contribution in [3.8, 4) is 0 Å². The molecule has 1 aromatic rings. The summed E-state index contributed by atoms with van der Waals surface area (Å²) in [5, 5.41) is 0. The van der Waals surface area contributed by atoms with Gasteiger partial charge in [0.15, 0.2) is 0 Å². The van der Waals surface area contributed by atoms with Crippen LogP contribution in [-0.2, 0) is 17.6 Å². The van der Waals surface area contributed by atoms with Crippen LogP contribution in [-0.4, -0.2) is 23.7 Å². The van der Waals surface area contributed by atoms with Gasteiger partial charge in [0.2, 0.25) is 0 Å². The van der Waals surface area contributed by atoms with E-state index in [1.54, 1.807) is 7.11 Å². The molecule has 1 aliphatic rings. The van der Waals surface area contributed by atoms with Gasteiger partial charge in [-0.2, -0.15) is 0 Å². The Labute approximate surface area is 96.6 Å². The standard InChI is InChI=1S/C12H21N3O/c1-8(7-16-2)6-11-14-10-5-3-4-9(13)12(10)15-11/h8-9H,3-7,13H2,1-2H3,(H,14,15). The summed E-state index contributed by atoms with van der Waals surface area (Å²) in [6, 6.07) is 0.131. The number of hydrogen-bond acceptors (Lipinski definition) is 3. The van der Waals surface area contributed by atoms with Crippen molar-refractivity contribution in [2.45, 2.75) is 38.6 Å². The van der Waals surface area contributed by atoms with Crippen LogP contribution in [0.2, 0.25) is 0 Å². The third kappa shape index (κ3) is 2.44. The van der Waals surface area contributed by atoms with E-state index in [1.807, 2.05) is 0 Å². The molecule has 1 heterocycles. The highest BCUT2D eigenvalue weighted by Crippen LogP contribution is 2.26. The number of rotatable bonds is 4. The minimum atomic E-state index is 0.131. The van der Waals surface area contributed by atoms with Gasteiger partial charge in [-0.1, -0.05) is 6.92 Å². The number of nitrogens with one attached hydrogen (secondary N) is 1. The molecule has 0 aliphatic heterocycles. The smallest absolute Gasteiger partial charge is 0.106 e. The molecule has 1 aliphatic carbocycles. The zero-order valence-electron chi connectivity index (χ0n) is 10.1. The Morgan fingerprint density at radius 2 is 2.44 bits per heavy atom. The van der Waals surface area contributed by atoms with Crippen LogP contribution >= 0.6 is 0 Å². The first-order valence-corrected chi connectivity index (χ1v) is 6.03. The maximum absolute atomic E-state index is 6.04. The molecule has 0 amide bonds. The molecule has 2 rings (SSSR count). The van der Waals surface area contributed by atoms with E-state index in [0.29, 0.717) is 5.92 Å². The highest BCUT2D eigenvalue weighted by Gasteiger charge is 2.21. The Morgan fingerprint density at radius 1 is 1.62 bits per heavy atom. The molecular formula is C12H21N3O. The van der Waals surface area contributed by atoms with Crippen molar-refractivity contribution in [3.05, 3.63) is 17.2 Å². The fourth-order valence-corrected chi connectivity index (χ4v) is 2.38. The number of imidazole rings is 1. The second-order valence-electron chi connectivity index (χ2n) is 4.81. The Balaban J connectivity index is 2.06. The van der Waals surface area contributed by atoms with Gasteiger partial charge in [0.1, 0.15) is 5.82 Å². The van der Waals surface area contributed by atoms with E-state index < -0.39 is 0 Å². The first-order chi connectivity index (χ1) is 7.70. The van der Waals surface area contributed by atoms with Crippen LogP contribution in [0.15, 0.2) is 0 Å². The molecule has 2 unspecified atom stereocenters. The monoisotopic (exact) mass is 223 g/mol. The maximum atomic E-state index is 6.04. The third-order valence-corrected chi connectivity index (χ3v) is 3.15. The summed E-state index contributed by atoms with van der Waals surface area (Å²) in [6.45, 7) is 2.95. The molecule has 90 valence electrons. The van der Waals surface area contributed by atoms with Crippen molar-refractivity contribution in [1.29, 1.82) is 0 Å². The summed E-state index contributed by atoms with van der Waals surface area (Å²) < 4.78 is 5.13. The summed E-state index contributed by atoms with van der Waals surface area (Å²) in [6.07, 6.45) is 4.26. The lowest BCUT2D eigenvalue weighted by atomic mass is 9.97. The predicted molar refractivity (Wildman–Crippen MR) is 63.2 cm³/mol. The molecule has 0 aromatic carbocycles.